The summed E-state index contributed by atoms with van der Waals surface area (Å²) in [6.45, 7) is 0. The number of hydrogen-bond donors (Lipinski definition) is 1. The van der Waals surface area contributed by atoms with E-state index in [1.54, 1.807) is 0 Å². The molecule has 1 heterocycles. The van der Waals surface area contributed by atoms with E-state index in [0.29, 0.717) is 0 Å². The lowest BCUT2D eigenvalue weighted by atomic mass is 10.3. The van der Waals surface area contributed by atoms with Gasteiger partial charge in [0.1, 0.15) is 5.75 Å². The van der Waals surface area contributed by atoms with Crippen LogP contribution < -0.4 is 4.74 Å². The predicted molar refractivity (Wildman–Crippen MR) is 62.1 cm³/mol. The fourth-order valence-corrected chi connectivity index (χ4v) is 1.28. The average Bonchev–Trinajstić information content (AvgIpc) is 2.39. The number of carboxylic acid groups (broad SMARTS) is 1. The van der Waals surface area contributed by atoms with Crippen molar-refractivity contribution in [2.75, 3.05) is 0 Å². The molecule has 0 radical (unpaired) electrons. The zero-order chi connectivity index (χ0) is 14.7. The molecule has 1 aromatic heterocycles. The maximum absolute atomic E-state index is 13.3. The Kier molecular flexibility index (Phi) is 3.51. The summed E-state index contributed by atoms with van der Waals surface area (Å²) in [5.41, 5.74) is -0.813. The number of aromatic nitrogens is 2. The van der Waals surface area contributed by atoms with E-state index in [-0.39, 0.29) is 17.3 Å². The summed E-state index contributed by atoms with van der Waals surface area (Å²) in [5.74, 6) is -2.30. The standard InChI is InChI=1S/C11H6FN3O5/c12-8-3-7(1-2-9(8)15(18)19)20-11-13-4-6(5-14-11)10(16)17/h1-5H,(H,16,17). The Morgan fingerprint density at radius 2 is 2.00 bits per heavy atom. The monoisotopic (exact) mass is 279 g/mol. The van der Waals surface area contributed by atoms with Crippen molar-refractivity contribution < 1.29 is 24.0 Å². The second kappa shape index (κ2) is 5.26. The molecule has 0 aliphatic heterocycles. The van der Waals surface area contributed by atoms with Gasteiger partial charge >= 0.3 is 17.7 Å². The van der Waals surface area contributed by atoms with Crippen LogP contribution in [-0.2, 0) is 0 Å². The number of nitro groups is 1. The SMILES string of the molecule is O=C(O)c1cnc(Oc2ccc([N+](=O)[O-])c(F)c2)nc1. The van der Waals surface area contributed by atoms with Crippen LogP contribution in [0.25, 0.3) is 0 Å². The lowest BCUT2D eigenvalue weighted by molar-refractivity contribution is -0.387. The predicted octanol–water partition coefficient (Wildman–Crippen LogP) is 2.01. The van der Waals surface area contributed by atoms with Gasteiger partial charge in [0, 0.05) is 24.5 Å². The van der Waals surface area contributed by atoms with Crippen molar-refractivity contribution in [2.24, 2.45) is 0 Å². The number of nitrogens with zero attached hydrogens (tertiary/aromatic N) is 3. The molecule has 2 aromatic rings. The molecular formula is C11H6FN3O5. The van der Waals surface area contributed by atoms with Crippen LogP contribution in [0, 0.1) is 15.9 Å². The second-order valence-corrected chi connectivity index (χ2v) is 3.53. The van der Waals surface area contributed by atoms with Gasteiger partial charge in [-0.3, -0.25) is 10.1 Å². The number of nitro benzene ring substituents is 1. The summed E-state index contributed by atoms with van der Waals surface area (Å²) in [7, 11) is 0. The molecule has 0 atom stereocenters. The third-order valence-electron chi connectivity index (χ3n) is 2.20. The van der Waals surface area contributed by atoms with Crippen LogP contribution in [0.3, 0.4) is 0 Å². The Morgan fingerprint density at radius 3 is 2.50 bits per heavy atom. The summed E-state index contributed by atoms with van der Waals surface area (Å²) in [6.07, 6.45) is 2.04. The smallest absolute Gasteiger partial charge is 0.338 e. The zero-order valence-corrected chi connectivity index (χ0v) is 9.69. The second-order valence-electron chi connectivity index (χ2n) is 3.53. The Bertz CT molecular complexity index is 674. The minimum atomic E-state index is -1.20. The molecule has 0 saturated heterocycles. The highest BCUT2D eigenvalue weighted by molar-refractivity contribution is 5.86. The number of carboxylic acids is 1. The van der Waals surface area contributed by atoms with Crippen LogP contribution in [-0.4, -0.2) is 26.0 Å². The van der Waals surface area contributed by atoms with Crippen molar-refractivity contribution in [1.82, 2.24) is 9.97 Å². The fraction of sp³-hybridized carbons (Fsp3) is 0. The molecule has 0 aliphatic carbocycles. The van der Waals surface area contributed by atoms with Gasteiger partial charge < -0.3 is 9.84 Å². The molecule has 0 amide bonds. The number of benzene rings is 1. The van der Waals surface area contributed by atoms with Crippen LogP contribution in [0.2, 0.25) is 0 Å². The molecule has 102 valence electrons. The number of aromatic carboxylic acids is 1. The minimum Gasteiger partial charge on any atom is -0.478 e. The topological polar surface area (TPSA) is 115 Å². The van der Waals surface area contributed by atoms with Gasteiger partial charge in [0.25, 0.3) is 0 Å². The van der Waals surface area contributed by atoms with Crippen molar-refractivity contribution in [2.45, 2.75) is 0 Å². The third kappa shape index (κ3) is 2.83. The number of hydrogen-bond acceptors (Lipinski definition) is 6. The molecule has 0 unspecified atom stereocenters. The molecule has 0 spiro atoms. The Morgan fingerprint density at radius 1 is 1.35 bits per heavy atom. The first kappa shape index (κ1) is 13.3. The van der Waals surface area contributed by atoms with Crippen LogP contribution in [0.1, 0.15) is 10.4 Å². The summed E-state index contributed by atoms with van der Waals surface area (Å²) >= 11 is 0. The quantitative estimate of drug-likeness (QED) is 0.672. The van der Waals surface area contributed by atoms with Gasteiger partial charge in [-0.1, -0.05) is 0 Å². The molecule has 20 heavy (non-hydrogen) atoms. The van der Waals surface area contributed by atoms with Crippen molar-refractivity contribution in [3.63, 3.8) is 0 Å². The molecule has 0 fully saturated rings. The highest BCUT2D eigenvalue weighted by Gasteiger charge is 2.15. The van der Waals surface area contributed by atoms with Crippen LogP contribution >= 0.6 is 0 Å². The molecule has 1 N–H and O–H groups in total. The summed E-state index contributed by atoms with van der Waals surface area (Å²) in [4.78, 5) is 27.4. The maximum Gasteiger partial charge on any atom is 0.338 e. The Labute approximate surface area is 110 Å². The lowest BCUT2D eigenvalue weighted by Crippen LogP contribution is -2.00. The average molecular weight is 279 g/mol. The third-order valence-corrected chi connectivity index (χ3v) is 2.20. The molecule has 8 nitrogen and oxygen atoms in total. The van der Waals surface area contributed by atoms with E-state index in [9.17, 15) is 19.3 Å². The van der Waals surface area contributed by atoms with E-state index in [1.165, 1.54) is 6.07 Å². The van der Waals surface area contributed by atoms with Gasteiger partial charge in [-0.15, -0.1) is 0 Å². The number of carbonyl (C=O) groups is 1. The van der Waals surface area contributed by atoms with Crippen molar-refractivity contribution in [1.29, 1.82) is 0 Å². The number of rotatable bonds is 4. The van der Waals surface area contributed by atoms with E-state index in [4.69, 9.17) is 9.84 Å². The minimum absolute atomic E-state index is 0.0452. The summed E-state index contributed by atoms with van der Waals surface area (Å²) < 4.78 is 18.4. The van der Waals surface area contributed by atoms with E-state index in [2.05, 4.69) is 9.97 Å². The van der Waals surface area contributed by atoms with Gasteiger partial charge in [-0.25, -0.2) is 14.8 Å². The molecule has 0 saturated carbocycles. The van der Waals surface area contributed by atoms with E-state index >= 15 is 0 Å². The van der Waals surface area contributed by atoms with Crippen molar-refractivity contribution >= 4 is 11.7 Å². The first-order chi connectivity index (χ1) is 9.47. The van der Waals surface area contributed by atoms with Gasteiger partial charge in [-0.2, -0.15) is 4.39 Å². The molecule has 0 aliphatic rings. The van der Waals surface area contributed by atoms with Crippen LogP contribution in [0.15, 0.2) is 30.6 Å². The number of ether oxygens (including phenoxy) is 1. The van der Waals surface area contributed by atoms with E-state index in [1.807, 2.05) is 0 Å². The van der Waals surface area contributed by atoms with Crippen LogP contribution in [0.5, 0.6) is 11.8 Å². The van der Waals surface area contributed by atoms with E-state index < -0.39 is 22.4 Å². The zero-order valence-electron chi connectivity index (χ0n) is 9.69. The normalized spacial score (nSPS) is 10.1. The van der Waals surface area contributed by atoms with Gasteiger partial charge in [0.05, 0.1) is 10.5 Å². The first-order valence-corrected chi connectivity index (χ1v) is 5.14. The Hall–Kier alpha value is -3.10. The first-order valence-electron chi connectivity index (χ1n) is 5.14. The fourth-order valence-electron chi connectivity index (χ4n) is 1.28. The summed E-state index contributed by atoms with van der Waals surface area (Å²) in [5, 5.41) is 19.1. The lowest BCUT2D eigenvalue weighted by Gasteiger charge is -2.03. The molecular weight excluding hydrogens is 273 g/mol. The molecule has 0 bridgehead atoms. The summed E-state index contributed by atoms with van der Waals surface area (Å²) in [6, 6.07) is 2.72. The van der Waals surface area contributed by atoms with Gasteiger partial charge in [-0.05, 0) is 6.07 Å². The molecule has 1 aromatic carbocycles. The highest BCUT2D eigenvalue weighted by atomic mass is 19.1. The van der Waals surface area contributed by atoms with E-state index in [0.717, 1.165) is 24.5 Å². The highest BCUT2D eigenvalue weighted by Crippen LogP contribution is 2.24. The maximum atomic E-state index is 13.3. The van der Waals surface area contributed by atoms with Crippen molar-refractivity contribution in [3.8, 4) is 11.8 Å². The Balaban J connectivity index is 2.19. The number of halogens is 1. The van der Waals surface area contributed by atoms with Crippen molar-refractivity contribution in [3.05, 3.63) is 52.1 Å². The largest absolute Gasteiger partial charge is 0.478 e. The van der Waals surface area contributed by atoms with Gasteiger partial charge in [0.2, 0.25) is 5.82 Å². The molecule has 2 rings (SSSR count). The van der Waals surface area contributed by atoms with Crippen LogP contribution in [0.4, 0.5) is 10.1 Å². The van der Waals surface area contributed by atoms with Gasteiger partial charge in [0.15, 0.2) is 0 Å². The molecule has 9 heteroatoms.